The van der Waals surface area contributed by atoms with Gasteiger partial charge in [-0.05, 0) is 77.3 Å². The first kappa shape index (κ1) is 35.3. The number of amides is 2. The molecule has 1 atom stereocenters. The lowest BCUT2D eigenvalue weighted by molar-refractivity contribution is -0.119. The molecule has 9 heteroatoms. The summed E-state index contributed by atoms with van der Waals surface area (Å²) >= 11 is 0. The smallest absolute Gasteiger partial charge is 0.410 e. The lowest BCUT2D eigenvalue weighted by Crippen LogP contribution is -2.36. The highest BCUT2D eigenvalue weighted by atomic mass is 16.6. The fourth-order valence-electron chi connectivity index (χ4n) is 4.22. The maximum absolute atomic E-state index is 12.2. The number of hydrogen-bond acceptors (Lipinski definition) is 6. The summed E-state index contributed by atoms with van der Waals surface area (Å²) in [5, 5.41) is 8.94. The molecule has 1 N–H and O–H groups in total. The Labute approximate surface area is 245 Å². The van der Waals surface area contributed by atoms with Gasteiger partial charge in [-0.2, -0.15) is 0 Å². The number of carboxylic acids is 1. The van der Waals surface area contributed by atoms with Crippen LogP contribution in [-0.4, -0.2) is 72.3 Å². The Balaban J connectivity index is 0.000000396. The van der Waals surface area contributed by atoms with Crippen molar-refractivity contribution in [1.82, 2.24) is 9.80 Å². The number of hydrogen-bond donors (Lipinski definition) is 1. The number of carboxylic acid groups (broad SMARTS) is 1. The van der Waals surface area contributed by atoms with Crippen LogP contribution >= 0.6 is 0 Å². The monoisotopic (exact) mass is 572 g/mol. The van der Waals surface area contributed by atoms with Crippen LogP contribution in [0.15, 0.2) is 42.5 Å². The normalized spacial score (nSPS) is 14.3. The number of piperidine rings is 1. The molecule has 3 rings (SSSR count). The van der Waals surface area contributed by atoms with Crippen molar-refractivity contribution in [3.8, 4) is 11.5 Å². The maximum Gasteiger partial charge on any atom is 0.410 e. The van der Waals surface area contributed by atoms with Gasteiger partial charge < -0.3 is 29.1 Å². The van der Waals surface area contributed by atoms with Gasteiger partial charge in [0.2, 0.25) is 6.41 Å². The summed E-state index contributed by atoms with van der Waals surface area (Å²) in [5.41, 5.74) is 1.74. The molecule has 1 aliphatic rings. The van der Waals surface area contributed by atoms with Crippen LogP contribution in [-0.2, 0) is 16.1 Å². The van der Waals surface area contributed by atoms with Crippen LogP contribution in [0, 0.1) is 0 Å². The summed E-state index contributed by atoms with van der Waals surface area (Å²) in [6.45, 7) is 16.5. The van der Waals surface area contributed by atoms with E-state index < -0.39 is 11.6 Å². The third-order valence-corrected chi connectivity index (χ3v) is 6.18. The standard InChI is InChI=1S/C17H27NO4.C13H15NO3.C2H6/c1-7-18(16(19)22-17(3,4)5)12-13-9-10-14(20-6)11-15(13)21-8-2;15-9-14-6-2-5-12(8-14)10-3-1-4-11(7-10)13(16)17;1-2/h9-11H,7-8,12H2,1-6H3;1,3-4,7,9,12H,2,5-6,8H2,(H,16,17);1-2H3. The molecule has 41 heavy (non-hydrogen) atoms. The average Bonchev–Trinajstić information content (AvgIpc) is 2.97. The van der Waals surface area contributed by atoms with Gasteiger partial charge >= 0.3 is 12.1 Å². The molecule has 1 saturated heterocycles. The summed E-state index contributed by atoms with van der Waals surface area (Å²) in [4.78, 5) is 37.3. The minimum absolute atomic E-state index is 0.258. The van der Waals surface area contributed by atoms with Crippen LogP contribution in [0.25, 0.3) is 0 Å². The van der Waals surface area contributed by atoms with Crippen LogP contribution in [0.4, 0.5) is 4.79 Å². The zero-order chi connectivity index (χ0) is 31.0. The van der Waals surface area contributed by atoms with E-state index in [2.05, 4.69) is 0 Å². The van der Waals surface area contributed by atoms with Crippen molar-refractivity contribution in [1.29, 1.82) is 0 Å². The molecule has 1 unspecified atom stereocenters. The van der Waals surface area contributed by atoms with E-state index in [4.69, 9.17) is 19.3 Å². The highest BCUT2D eigenvalue weighted by Crippen LogP contribution is 2.28. The zero-order valence-electron chi connectivity index (χ0n) is 25.9. The molecule has 0 saturated carbocycles. The molecule has 2 amide bonds. The molecule has 0 radical (unpaired) electrons. The molecule has 9 nitrogen and oxygen atoms in total. The first-order valence-corrected chi connectivity index (χ1v) is 14.3. The second-order valence-electron chi connectivity index (χ2n) is 10.3. The number of rotatable bonds is 9. The van der Waals surface area contributed by atoms with Gasteiger partial charge in [0.1, 0.15) is 17.1 Å². The summed E-state index contributed by atoms with van der Waals surface area (Å²) in [6.07, 6.45) is 2.52. The van der Waals surface area contributed by atoms with E-state index in [1.165, 1.54) is 0 Å². The van der Waals surface area contributed by atoms with Gasteiger partial charge in [-0.3, -0.25) is 4.79 Å². The molecule has 1 fully saturated rings. The largest absolute Gasteiger partial charge is 0.497 e. The fraction of sp³-hybridized carbons (Fsp3) is 0.531. The van der Waals surface area contributed by atoms with Gasteiger partial charge in [0.25, 0.3) is 0 Å². The third-order valence-electron chi connectivity index (χ3n) is 6.18. The van der Waals surface area contributed by atoms with Crippen molar-refractivity contribution in [2.45, 2.75) is 79.4 Å². The van der Waals surface area contributed by atoms with Crippen LogP contribution < -0.4 is 9.47 Å². The molecule has 2 aromatic carbocycles. The predicted octanol–water partition coefficient (Wildman–Crippen LogP) is 6.60. The summed E-state index contributed by atoms with van der Waals surface area (Å²) in [7, 11) is 1.61. The molecule has 1 heterocycles. The van der Waals surface area contributed by atoms with Crippen molar-refractivity contribution in [3.63, 3.8) is 0 Å². The molecule has 228 valence electrons. The summed E-state index contributed by atoms with van der Waals surface area (Å²) < 4.78 is 16.3. The Morgan fingerprint density at radius 1 is 1.12 bits per heavy atom. The van der Waals surface area contributed by atoms with Crippen molar-refractivity contribution in [2.24, 2.45) is 0 Å². The van der Waals surface area contributed by atoms with Crippen LogP contribution in [0.2, 0.25) is 0 Å². The lowest BCUT2D eigenvalue weighted by Gasteiger charge is -2.30. The number of likely N-dealkylation sites (tertiary alicyclic amines) is 1. The van der Waals surface area contributed by atoms with Gasteiger partial charge in [0.05, 0.1) is 25.8 Å². The number of carbonyl (C=O) groups excluding carboxylic acids is 2. The molecule has 0 aromatic heterocycles. The molecule has 0 spiro atoms. The van der Waals surface area contributed by atoms with E-state index in [9.17, 15) is 14.4 Å². The second-order valence-corrected chi connectivity index (χ2v) is 10.3. The molecule has 0 bridgehead atoms. The Hall–Kier alpha value is -3.75. The van der Waals surface area contributed by atoms with Gasteiger partial charge in [-0.1, -0.05) is 26.0 Å². The van der Waals surface area contributed by atoms with E-state index in [1.54, 1.807) is 35.1 Å². The Morgan fingerprint density at radius 3 is 2.39 bits per heavy atom. The van der Waals surface area contributed by atoms with Gasteiger partial charge in [0.15, 0.2) is 0 Å². The van der Waals surface area contributed by atoms with Gasteiger partial charge in [0, 0.05) is 37.2 Å². The van der Waals surface area contributed by atoms with Gasteiger partial charge in [-0.25, -0.2) is 9.59 Å². The van der Waals surface area contributed by atoms with Crippen LogP contribution in [0.3, 0.4) is 0 Å². The maximum atomic E-state index is 12.2. The summed E-state index contributed by atoms with van der Waals surface area (Å²) in [6, 6.07) is 12.6. The highest BCUT2D eigenvalue weighted by Gasteiger charge is 2.23. The number of nitrogens with zero attached hydrogens (tertiary/aromatic N) is 2. The molecule has 1 aliphatic heterocycles. The van der Waals surface area contributed by atoms with E-state index in [0.717, 1.165) is 48.4 Å². The minimum atomic E-state index is -0.907. The third kappa shape index (κ3) is 12.1. The van der Waals surface area contributed by atoms with Gasteiger partial charge in [-0.15, -0.1) is 0 Å². The topological polar surface area (TPSA) is 106 Å². The van der Waals surface area contributed by atoms with Crippen LogP contribution in [0.5, 0.6) is 11.5 Å². The average molecular weight is 573 g/mol. The van der Waals surface area contributed by atoms with E-state index in [0.29, 0.717) is 31.8 Å². The van der Waals surface area contributed by atoms with Crippen molar-refractivity contribution in [3.05, 3.63) is 59.2 Å². The molecular weight excluding hydrogens is 524 g/mol. The number of benzene rings is 2. The van der Waals surface area contributed by atoms with Crippen LogP contribution in [0.1, 0.15) is 88.7 Å². The van der Waals surface area contributed by atoms with Crippen molar-refractivity contribution >= 4 is 18.5 Å². The predicted molar refractivity (Wildman–Crippen MR) is 161 cm³/mol. The van der Waals surface area contributed by atoms with E-state index in [-0.39, 0.29) is 12.0 Å². The quantitative estimate of drug-likeness (QED) is 0.338. The second kappa shape index (κ2) is 17.8. The SMILES string of the molecule is CC.CCOc1cc(OC)ccc1CN(CC)C(=O)OC(C)(C)C.O=CN1CCCC(c2cccc(C(=O)O)c2)C1. The van der Waals surface area contributed by atoms with E-state index >= 15 is 0 Å². The summed E-state index contributed by atoms with van der Waals surface area (Å²) in [5.74, 6) is 0.805. The van der Waals surface area contributed by atoms with E-state index in [1.807, 2.05) is 72.7 Å². The number of ether oxygens (including phenoxy) is 3. The molecule has 2 aromatic rings. The Morgan fingerprint density at radius 2 is 1.83 bits per heavy atom. The zero-order valence-corrected chi connectivity index (χ0v) is 25.9. The lowest BCUT2D eigenvalue weighted by atomic mass is 9.90. The van der Waals surface area contributed by atoms with Crippen molar-refractivity contribution in [2.75, 3.05) is 33.4 Å². The number of carbonyl (C=O) groups is 3. The highest BCUT2D eigenvalue weighted by molar-refractivity contribution is 5.87. The Bertz CT molecular complexity index is 1100. The first-order chi connectivity index (χ1) is 19.5. The number of aromatic carboxylic acids is 1. The fourth-order valence-corrected chi connectivity index (χ4v) is 4.22. The number of methoxy groups -OCH3 is 1. The van der Waals surface area contributed by atoms with Crippen molar-refractivity contribution < 1.29 is 33.7 Å². The molecule has 0 aliphatic carbocycles. The Kier molecular flexibility index (Phi) is 15.3. The molecular formula is C32H48N2O7. The minimum Gasteiger partial charge on any atom is -0.497 e. The first-order valence-electron chi connectivity index (χ1n) is 14.3.